The summed E-state index contributed by atoms with van der Waals surface area (Å²) in [7, 11) is 0. The fourth-order valence-corrected chi connectivity index (χ4v) is 2.94. The van der Waals surface area contributed by atoms with Crippen LogP contribution in [0, 0.1) is 5.92 Å². The van der Waals surface area contributed by atoms with Gasteiger partial charge in [0.25, 0.3) is 0 Å². The van der Waals surface area contributed by atoms with Gasteiger partial charge in [-0.25, -0.2) is 0 Å². The highest BCUT2D eigenvalue weighted by molar-refractivity contribution is 5.78. The molecule has 0 aliphatic rings. The number of carbonyl (C=O) groups is 1. The first-order chi connectivity index (χ1) is 11.8. The van der Waals surface area contributed by atoms with Crippen molar-refractivity contribution in [3.05, 3.63) is 34.9 Å². The molecule has 1 atom stereocenters. The highest BCUT2D eigenvalue weighted by atomic mass is 16.1. The van der Waals surface area contributed by atoms with Crippen molar-refractivity contribution in [3.8, 4) is 0 Å². The average Bonchev–Trinajstić information content (AvgIpc) is 2.54. The second-order valence-electron chi connectivity index (χ2n) is 7.93. The summed E-state index contributed by atoms with van der Waals surface area (Å²) in [6.07, 6.45) is 18.0. The van der Waals surface area contributed by atoms with Gasteiger partial charge in [-0.2, -0.15) is 0 Å². The van der Waals surface area contributed by atoms with Crippen molar-refractivity contribution >= 4 is 5.78 Å². The summed E-state index contributed by atoms with van der Waals surface area (Å²) in [5, 5.41) is 0. The van der Waals surface area contributed by atoms with E-state index in [-0.39, 0.29) is 0 Å². The molecule has 0 saturated heterocycles. The third kappa shape index (κ3) is 16.1. The van der Waals surface area contributed by atoms with Gasteiger partial charge in [0, 0.05) is 12.8 Å². The third-order valence-corrected chi connectivity index (χ3v) is 4.82. The zero-order valence-corrected chi connectivity index (χ0v) is 17.8. The van der Waals surface area contributed by atoms with Crippen molar-refractivity contribution in [2.75, 3.05) is 0 Å². The Hall–Kier alpha value is -1.11. The SMILES string of the molecule is CCC(=O)CCC=C(C)CCC=C(C)CCCC(C)CCC=C(C)C. The van der Waals surface area contributed by atoms with Gasteiger partial charge in [-0.15, -0.1) is 0 Å². The largest absolute Gasteiger partial charge is 0.300 e. The quantitative estimate of drug-likeness (QED) is 0.291. The topological polar surface area (TPSA) is 17.1 Å². The normalized spacial score (nSPS) is 13.7. The van der Waals surface area contributed by atoms with Gasteiger partial charge in [0.15, 0.2) is 0 Å². The molecule has 0 bridgehead atoms. The predicted octanol–water partition coefficient (Wildman–Crippen LogP) is 7.97. The molecule has 0 rings (SSSR count). The lowest BCUT2D eigenvalue weighted by atomic mass is 9.96. The molecule has 1 nitrogen and oxygen atoms in total. The summed E-state index contributed by atoms with van der Waals surface area (Å²) >= 11 is 0. The number of rotatable bonds is 14. The zero-order valence-electron chi connectivity index (χ0n) is 17.8. The van der Waals surface area contributed by atoms with Crippen LogP contribution in [0.5, 0.6) is 0 Å². The molecule has 0 N–H and O–H groups in total. The smallest absolute Gasteiger partial charge is 0.132 e. The Labute approximate surface area is 157 Å². The maximum absolute atomic E-state index is 11.3. The highest BCUT2D eigenvalue weighted by Gasteiger charge is 2.01. The van der Waals surface area contributed by atoms with Crippen molar-refractivity contribution < 1.29 is 4.79 Å². The molecule has 0 spiro atoms. The number of hydrogen-bond donors (Lipinski definition) is 0. The van der Waals surface area contributed by atoms with Gasteiger partial charge in [-0.05, 0) is 78.6 Å². The Morgan fingerprint density at radius 3 is 2.00 bits per heavy atom. The van der Waals surface area contributed by atoms with E-state index < -0.39 is 0 Å². The first-order valence-electron chi connectivity index (χ1n) is 10.3. The van der Waals surface area contributed by atoms with Crippen LogP contribution in [0.3, 0.4) is 0 Å². The Bertz CT molecular complexity index is 447. The molecule has 0 amide bonds. The van der Waals surface area contributed by atoms with Crippen LogP contribution in [0.1, 0.15) is 106 Å². The van der Waals surface area contributed by atoms with E-state index in [2.05, 4.69) is 52.8 Å². The predicted molar refractivity (Wildman–Crippen MR) is 113 cm³/mol. The Balaban J connectivity index is 3.85. The fourth-order valence-electron chi connectivity index (χ4n) is 2.94. The van der Waals surface area contributed by atoms with E-state index in [4.69, 9.17) is 0 Å². The van der Waals surface area contributed by atoms with Gasteiger partial charge in [-0.1, -0.05) is 55.2 Å². The van der Waals surface area contributed by atoms with E-state index in [0.29, 0.717) is 18.6 Å². The molecule has 0 aromatic heterocycles. The van der Waals surface area contributed by atoms with Gasteiger partial charge < -0.3 is 0 Å². The molecule has 144 valence electrons. The molecule has 0 radical (unpaired) electrons. The number of allylic oxidation sites excluding steroid dienone is 6. The minimum absolute atomic E-state index is 0.370. The van der Waals surface area contributed by atoms with Crippen LogP contribution in [-0.2, 0) is 4.79 Å². The lowest BCUT2D eigenvalue weighted by Crippen LogP contribution is -1.94. The van der Waals surface area contributed by atoms with Crippen LogP contribution in [0.25, 0.3) is 0 Å². The maximum Gasteiger partial charge on any atom is 0.132 e. The standard InChI is InChI=1S/C24H42O/c1-7-24(25)19-11-18-23(6)17-10-16-22(5)15-9-14-21(4)13-8-12-20(2)3/h12,16,18,21H,7-11,13-15,17,19H2,1-6H3. The minimum Gasteiger partial charge on any atom is -0.300 e. The molecule has 0 heterocycles. The summed E-state index contributed by atoms with van der Waals surface area (Å²) < 4.78 is 0. The molecule has 0 aliphatic carbocycles. The van der Waals surface area contributed by atoms with Crippen LogP contribution < -0.4 is 0 Å². The number of Topliss-reactive ketones (excluding diaryl/α,β-unsaturated/α-hetero) is 1. The lowest BCUT2D eigenvalue weighted by Gasteiger charge is -2.10. The number of carbonyl (C=O) groups excluding carboxylic acids is 1. The van der Waals surface area contributed by atoms with Crippen molar-refractivity contribution in [1.29, 1.82) is 0 Å². The Morgan fingerprint density at radius 2 is 1.40 bits per heavy atom. The lowest BCUT2D eigenvalue weighted by molar-refractivity contribution is -0.118. The van der Waals surface area contributed by atoms with Crippen LogP contribution in [0.4, 0.5) is 0 Å². The molecule has 0 aromatic carbocycles. The molecular weight excluding hydrogens is 304 g/mol. The molecule has 1 heteroatoms. The molecule has 0 fully saturated rings. The summed E-state index contributed by atoms with van der Waals surface area (Å²) in [4.78, 5) is 11.3. The van der Waals surface area contributed by atoms with E-state index in [0.717, 1.165) is 25.2 Å². The van der Waals surface area contributed by atoms with Gasteiger partial charge in [0.1, 0.15) is 5.78 Å². The molecule has 0 aromatic rings. The first kappa shape index (κ1) is 23.9. The van der Waals surface area contributed by atoms with Gasteiger partial charge in [-0.3, -0.25) is 4.79 Å². The average molecular weight is 347 g/mol. The van der Waals surface area contributed by atoms with Crippen LogP contribution in [0.2, 0.25) is 0 Å². The molecule has 1 unspecified atom stereocenters. The fraction of sp³-hybridized carbons (Fsp3) is 0.708. The number of ketones is 1. The summed E-state index contributed by atoms with van der Waals surface area (Å²) in [5.41, 5.74) is 4.39. The Morgan fingerprint density at radius 1 is 0.800 bits per heavy atom. The second kappa shape index (κ2) is 15.2. The zero-order chi connectivity index (χ0) is 19.1. The summed E-state index contributed by atoms with van der Waals surface area (Å²) in [6.45, 7) is 13.1. The van der Waals surface area contributed by atoms with Gasteiger partial charge >= 0.3 is 0 Å². The first-order valence-corrected chi connectivity index (χ1v) is 10.3. The van der Waals surface area contributed by atoms with E-state index in [1.807, 2.05) is 6.92 Å². The third-order valence-electron chi connectivity index (χ3n) is 4.82. The van der Waals surface area contributed by atoms with Crippen LogP contribution in [0.15, 0.2) is 34.9 Å². The minimum atomic E-state index is 0.370. The molecule has 25 heavy (non-hydrogen) atoms. The Kier molecular flexibility index (Phi) is 14.5. The van der Waals surface area contributed by atoms with Gasteiger partial charge in [0.2, 0.25) is 0 Å². The molecular formula is C24H42O. The van der Waals surface area contributed by atoms with Crippen molar-refractivity contribution in [2.45, 2.75) is 106 Å². The maximum atomic E-state index is 11.3. The highest BCUT2D eigenvalue weighted by Crippen LogP contribution is 2.18. The van der Waals surface area contributed by atoms with Crippen LogP contribution >= 0.6 is 0 Å². The van der Waals surface area contributed by atoms with Crippen molar-refractivity contribution in [2.24, 2.45) is 5.92 Å². The summed E-state index contributed by atoms with van der Waals surface area (Å²) in [5.74, 6) is 1.20. The molecule has 0 aliphatic heterocycles. The van der Waals surface area contributed by atoms with Crippen molar-refractivity contribution in [1.82, 2.24) is 0 Å². The van der Waals surface area contributed by atoms with E-state index >= 15 is 0 Å². The van der Waals surface area contributed by atoms with Gasteiger partial charge in [0.05, 0.1) is 0 Å². The van der Waals surface area contributed by atoms with E-state index in [9.17, 15) is 4.79 Å². The summed E-state index contributed by atoms with van der Waals surface area (Å²) in [6, 6.07) is 0. The monoisotopic (exact) mass is 346 g/mol. The van der Waals surface area contributed by atoms with E-state index in [1.54, 1.807) is 0 Å². The number of hydrogen-bond acceptors (Lipinski definition) is 1. The van der Waals surface area contributed by atoms with Crippen LogP contribution in [-0.4, -0.2) is 5.78 Å². The van der Waals surface area contributed by atoms with Crippen molar-refractivity contribution in [3.63, 3.8) is 0 Å². The second-order valence-corrected chi connectivity index (χ2v) is 7.93. The molecule has 0 saturated carbocycles. The van der Waals surface area contributed by atoms with E-state index in [1.165, 1.54) is 48.8 Å².